The Morgan fingerprint density at radius 2 is 1.95 bits per heavy atom. The molecular weight excluding hydrogens is 281 g/mol. The highest BCUT2D eigenvalue weighted by Crippen LogP contribution is 2.22. The van der Waals surface area contributed by atoms with Gasteiger partial charge in [0.05, 0.1) is 5.69 Å². The van der Waals surface area contributed by atoms with E-state index in [-0.39, 0.29) is 6.04 Å². The normalized spacial score (nSPS) is 12.7. The molecule has 0 spiro atoms. The summed E-state index contributed by atoms with van der Waals surface area (Å²) < 4.78 is 1.68. The largest absolute Gasteiger partial charge is 0.327 e. The lowest BCUT2D eigenvalue weighted by Gasteiger charge is -2.12. The van der Waals surface area contributed by atoms with Crippen LogP contribution in [0.2, 0.25) is 10.2 Å². The quantitative estimate of drug-likeness (QED) is 0.942. The van der Waals surface area contributed by atoms with Crippen molar-refractivity contribution in [3.05, 3.63) is 51.3 Å². The van der Waals surface area contributed by atoms with Crippen molar-refractivity contribution in [1.29, 1.82) is 0 Å². The van der Waals surface area contributed by atoms with Gasteiger partial charge in [0.15, 0.2) is 0 Å². The molecule has 0 aliphatic rings. The number of hydrogen-bond donors (Lipinski definition) is 1. The number of halogens is 2. The second-order valence-electron chi connectivity index (χ2n) is 4.74. The zero-order valence-electron chi connectivity index (χ0n) is 11.0. The van der Waals surface area contributed by atoms with Crippen LogP contribution in [0.25, 0.3) is 0 Å². The Labute approximate surface area is 123 Å². The van der Waals surface area contributed by atoms with E-state index in [1.165, 1.54) is 0 Å². The maximum Gasteiger partial charge on any atom is 0.130 e. The second-order valence-corrected chi connectivity index (χ2v) is 5.50. The van der Waals surface area contributed by atoms with E-state index in [1.807, 2.05) is 38.2 Å². The maximum atomic E-state index is 6.21. The Bertz CT molecular complexity index is 578. The molecule has 0 fully saturated rings. The van der Waals surface area contributed by atoms with Crippen molar-refractivity contribution in [3.63, 3.8) is 0 Å². The van der Waals surface area contributed by atoms with Gasteiger partial charge in [0, 0.05) is 23.7 Å². The zero-order chi connectivity index (χ0) is 14.0. The summed E-state index contributed by atoms with van der Waals surface area (Å²) in [6.45, 7) is 1.95. The number of rotatable bonds is 4. The predicted molar refractivity (Wildman–Crippen MR) is 79.8 cm³/mol. The summed E-state index contributed by atoms with van der Waals surface area (Å²) in [7, 11) is 1.83. The highest BCUT2D eigenvalue weighted by Gasteiger charge is 2.15. The van der Waals surface area contributed by atoms with E-state index in [2.05, 4.69) is 5.10 Å². The molecule has 3 nitrogen and oxygen atoms in total. The lowest BCUT2D eigenvalue weighted by molar-refractivity contribution is 0.662. The Morgan fingerprint density at radius 1 is 1.26 bits per heavy atom. The number of benzene rings is 1. The molecule has 1 atom stereocenters. The minimum absolute atomic E-state index is 0.0275. The summed E-state index contributed by atoms with van der Waals surface area (Å²) in [5, 5.41) is 5.71. The minimum Gasteiger partial charge on any atom is -0.327 e. The molecule has 2 rings (SSSR count). The van der Waals surface area contributed by atoms with Crippen molar-refractivity contribution in [2.75, 3.05) is 0 Å². The highest BCUT2D eigenvalue weighted by molar-refractivity contribution is 6.31. The third-order valence-electron chi connectivity index (χ3n) is 3.18. The second kappa shape index (κ2) is 5.95. The van der Waals surface area contributed by atoms with Gasteiger partial charge in [0.25, 0.3) is 0 Å². The van der Waals surface area contributed by atoms with Crippen LogP contribution in [0.1, 0.15) is 16.8 Å². The van der Waals surface area contributed by atoms with E-state index in [1.54, 1.807) is 4.68 Å². The number of aromatic nitrogens is 2. The Balaban J connectivity index is 2.10. The summed E-state index contributed by atoms with van der Waals surface area (Å²) in [6.07, 6.45) is 1.42. The average molecular weight is 298 g/mol. The fourth-order valence-corrected chi connectivity index (χ4v) is 2.65. The highest BCUT2D eigenvalue weighted by atomic mass is 35.5. The van der Waals surface area contributed by atoms with E-state index in [9.17, 15) is 0 Å². The zero-order valence-corrected chi connectivity index (χ0v) is 12.5. The molecule has 2 aromatic rings. The van der Waals surface area contributed by atoms with Gasteiger partial charge in [0.1, 0.15) is 5.15 Å². The number of hydrogen-bond acceptors (Lipinski definition) is 2. The Morgan fingerprint density at radius 3 is 2.53 bits per heavy atom. The van der Waals surface area contributed by atoms with E-state index < -0.39 is 0 Å². The molecule has 102 valence electrons. The summed E-state index contributed by atoms with van der Waals surface area (Å²) in [6, 6.07) is 7.74. The van der Waals surface area contributed by atoms with E-state index >= 15 is 0 Å². The van der Waals surface area contributed by atoms with Crippen molar-refractivity contribution in [3.8, 4) is 0 Å². The molecule has 0 saturated carbocycles. The summed E-state index contributed by atoms with van der Waals surface area (Å²) in [5.74, 6) is 0. The molecule has 0 radical (unpaired) electrons. The molecule has 0 aliphatic heterocycles. The third-order valence-corrected chi connectivity index (χ3v) is 4.02. The smallest absolute Gasteiger partial charge is 0.130 e. The van der Waals surface area contributed by atoms with Crippen LogP contribution in [0, 0.1) is 6.92 Å². The minimum atomic E-state index is -0.0275. The first-order valence-electron chi connectivity index (χ1n) is 6.16. The van der Waals surface area contributed by atoms with Crippen molar-refractivity contribution in [1.82, 2.24) is 9.78 Å². The van der Waals surface area contributed by atoms with Crippen molar-refractivity contribution in [2.24, 2.45) is 12.8 Å². The van der Waals surface area contributed by atoms with Gasteiger partial charge in [-0.15, -0.1) is 0 Å². The number of aryl methyl sites for hydroxylation is 2. The molecule has 1 aromatic heterocycles. The van der Waals surface area contributed by atoms with Gasteiger partial charge < -0.3 is 5.73 Å². The molecule has 1 heterocycles. The monoisotopic (exact) mass is 297 g/mol. The summed E-state index contributed by atoms with van der Waals surface area (Å²) >= 11 is 12.4. The molecular formula is C14H17Cl2N3. The summed E-state index contributed by atoms with van der Waals surface area (Å²) in [4.78, 5) is 0. The molecule has 0 saturated heterocycles. The molecule has 19 heavy (non-hydrogen) atoms. The van der Waals surface area contributed by atoms with Gasteiger partial charge in [-0.3, -0.25) is 4.68 Å². The molecule has 1 aromatic carbocycles. The predicted octanol–water partition coefficient (Wildman–Crippen LogP) is 3.15. The van der Waals surface area contributed by atoms with Crippen LogP contribution in [0.3, 0.4) is 0 Å². The van der Waals surface area contributed by atoms with Gasteiger partial charge >= 0.3 is 0 Å². The van der Waals surface area contributed by atoms with Crippen LogP contribution in [-0.2, 0) is 19.9 Å². The first-order chi connectivity index (χ1) is 8.99. The van der Waals surface area contributed by atoms with E-state index in [0.29, 0.717) is 11.6 Å². The maximum absolute atomic E-state index is 6.21. The topological polar surface area (TPSA) is 43.8 Å². The molecule has 0 aliphatic carbocycles. The van der Waals surface area contributed by atoms with Crippen LogP contribution in [0.5, 0.6) is 0 Å². The van der Waals surface area contributed by atoms with Crippen LogP contribution >= 0.6 is 23.2 Å². The van der Waals surface area contributed by atoms with Gasteiger partial charge in [-0.2, -0.15) is 5.10 Å². The van der Waals surface area contributed by atoms with E-state index in [0.717, 1.165) is 28.3 Å². The molecule has 0 amide bonds. The van der Waals surface area contributed by atoms with Gasteiger partial charge in [-0.1, -0.05) is 41.4 Å². The third kappa shape index (κ3) is 3.30. The standard InChI is InChI=1S/C14H17Cl2N3/c1-9-12(14(16)19(2)18-9)8-11(17)7-10-5-3-4-6-13(10)15/h3-6,11H,7-8,17H2,1-2H3. The van der Waals surface area contributed by atoms with E-state index in [4.69, 9.17) is 28.9 Å². The van der Waals surface area contributed by atoms with Gasteiger partial charge in [-0.05, 0) is 31.4 Å². The molecule has 0 bridgehead atoms. The lowest BCUT2D eigenvalue weighted by atomic mass is 10.0. The number of nitrogens with zero attached hydrogens (tertiary/aromatic N) is 2. The molecule has 2 N–H and O–H groups in total. The van der Waals surface area contributed by atoms with Crippen LogP contribution in [0.15, 0.2) is 24.3 Å². The molecule has 5 heteroatoms. The summed E-state index contributed by atoms with van der Waals surface area (Å²) in [5.41, 5.74) is 9.21. The Kier molecular flexibility index (Phi) is 4.50. The SMILES string of the molecule is Cc1nn(C)c(Cl)c1CC(N)Cc1ccccc1Cl. The number of nitrogens with two attached hydrogens (primary N) is 1. The van der Waals surface area contributed by atoms with Crippen LogP contribution in [0.4, 0.5) is 0 Å². The van der Waals surface area contributed by atoms with Crippen molar-refractivity contribution < 1.29 is 0 Å². The van der Waals surface area contributed by atoms with Gasteiger partial charge in [0.2, 0.25) is 0 Å². The van der Waals surface area contributed by atoms with Crippen LogP contribution < -0.4 is 5.73 Å². The van der Waals surface area contributed by atoms with Crippen LogP contribution in [-0.4, -0.2) is 15.8 Å². The first kappa shape index (κ1) is 14.4. The first-order valence-corrected chi connectivity index (χ1v) is 6.91. The van der Waals surface area contributed by atoms with Crippen molar-refractivity contribution in [2.45, 2.75) is 25.8 Å². The van der Waals surface area contributed by atoms with Gasteiger partial charge in [-0.25, -0.2) is 0 Å². The fraction of sp³-hybridized carbons (Fsp3) is 0.357. The molecule has 1 unspecified atom stereocenters. The van der Waals surface area contributed by atoms with Crippen molar-refractivity contribution >= 4 is 23.2 Å². The average Bonchev–Trinajstić information content (AvgIpc) is 2.59. The fourth-order valence-electron chi connectivity index (χ4n) is 2.19. The lowest BCUT2D eigenvalue weighted by Crippen LogP contribution is -2.26. The Hall–Kier alpha value is -1.03.